The van der Waals surface area contributed by atoms with E-state index in [1.54, 1.807) is 17.1 Å². The van der Waals surface area contributed by atoms with Crippen LogP contribution in [0.2, 0.25) is 0 Å². The number of amides is 1. The Bertz CT molecular complexity index is 364. The summed E-state index contributed by atoms with van der Waals surface area (Å²) in [5.41, 5.74) is 0.241. The van der Waals surface area contributed by atoms with Gasteiger partial charge in [0.05, 0.1) is 0 Å². The summed E-state index contributed by atoms with van der Waals surface area (Å²) in [6.45, 7) is 5.40. The summed E-state index contributed by atoms with van der Waals surface area (Å²) >= 11 is 0. The Labute approximate surface area is 126 Å². The van der Waals surface area contributed by atoms with Gasteiger partial charge in [-0.05, 0) is 37.4 Å². The van der Waals surface area contributed by atoms with Crippen molar-refractivity contribution < 1.29 is 4.79 Å². The van der Waals surface area contributed by atoms with Crippen molar-refractivity contribution in [2.24, 2.45) is 5.41 Å². The monoisotopic (exact) mass is 308 g/mol. The van der Waals surface area contributed by atoms with Crippen LogP contribution < -0.4 is 10.6 Å². The van der Waals surface area contributed by atoms with Crippen LogP contribution in [-0.2, 0) is 11.3 Å². The molecular weight excluding hydrogens is 287 g/mol. The molecule has 7 heteroatoms. The van der Waals surface area contributed by atoms with Crippen LogP contribution in [0.5, 0.6) is 0 Å². The van der Waals surface area contributed by atoms with E-state index in [4.69, 9.17) is 0 Å². The average Bonchev–Trinajstić information content (AvgIpc) is 2.80. The maximum Gasteiger partial charge on any atom is 0.241 e. The van der Waals surface area contributed by atoms with Crippen LogP contribution in [0.1, 0.15) is 19.8 Å². The van der Waals surface area contributed by atoms with Gasteiger partial charge in [0.15, 0.2) is 0 Å². The Kier molecular flexibility index (Phi) is 8.06. The molecule has 5 nitrogen and oxygen atoms in total. The molecule has 19 heavy (non-hydrogen) atoms. The van der Waals surface area contributed by atoms with E-state index in [1.807, 2.05) is 6.07 Å². The largest absolute Gasteiger partial charge is 0.354 e. The Balaban J connectivity index is 0.00000162. The van der Waals surface area contributed by atoms with E-state index in [2.05, 4.69) is 22.7 Å². The number of nitrogens with one attached hydrogen (secondary N) is 2. The zero-order valence-corrected chi connectivity index (χ0v) is 12.7. The van der Waals surface area contributed by atoms with Gasteiger partial charge in [0.2, 0.25) is 5.91 Å². The van der Waals surface area contributed by atoms with E-state index in [1.165, 1.54) is 0 Å². The first-order valence-corrected chi connectivity index (χ1v) is 6.13. The van der Waals surface area contributed by atoms with Crippen LogP contribution in [0.4, 0.5) is 0 Å². The molecule has 1 amide bonds. The van der Waals surface area contributed by atoms with Crippen molar-refractivity contribution in [1.29, 1.82) is 0 Å². The highest BCUT2D eigenvalue weighted by molar-refractivity contribution is 5.85. The molecule has 1 aromatic heterocycles. The highest BCUT2D eigenvalue weighted by Crippen LogP contribution is 2.26. The molecule has 0 atom stereocenters. The number of hydrogen-bond acceptors (Lipinski definition) is 3. The summed E-state index contributed by atoms with van der Waals surface area (Å²) in [5.74, 6) is 0.0356. The zero-order chi connectivity index (χ0) is 12.1. The molecule has 2 heterocycles. The number of hydrogen-bond donors (Lipinski definition) is 2. The molecule has 110 valence electrons. The molecule has 0 bridgehead atoms. The summed E-state index contributed by atoms with van der Waals surface area (Å²) in [4.78, 5) is 11.7. The molecule has 0 radical (unpaired) electrons. The Morgan fingerprint density at radius 1 is 1.42 bits per heavy atom. The molecule has 0 aromatic carbocycles. The molecule has 1 aromatic rings. The topological polar surface area (TPSA) is 59.0 Å². The number of nitrogens with zero attached hydrogens (tertiary/aromatic N) is 2. The predicted octanol–water partition coefficient (Wildman–Crippen LogP) is 1.23. The number of piperidine rings is 1. The van der Waals surface area contributed by atoms with Gasteiger partial charge >= 0.3 is 0 Å². The van der Waals surface area contributed by atoms with Gasteiger partial charge in [-0.15, -0.1) is 24.8 Å². The number of carbonyl (C=O) groups excluding carboxylic acids is 1. The van der Waals surface area contributed by atoms with Crippen molar-refractivity contribution in [3.8, 4) is 0 Å². The van der Waals surface area contributed by atoms with Gasteiger partial charge in [0.1, 0.15) is 6.54 Å². The predicted molar refractivity (Wildman–Crippen MR) is 79.9 cm³/mol. The lowest BCUT2D eigenvalue weighted by atomic mass is 9.81. The first kappa shape index (κ1) is 18.2. The van der Waals surface area contributed by atoms with Crippen molar-refractivity contribution in [3.63, 3.8) is 0 Å². The number of carbonyl (C=O) groups is 1. The fourth-order valence-corrected chi connectivity index (χ4v) is 2.12. The zero-order valence-electron chi connectivity index (χ0n) is 11.1. The second kappa shape index (κ2) is 8.40. The SMILES string of the molecule is CC1(CNC(=O)Cn2cccn2)CCNCC1.Cl.Cl. The van der Waals surface area contributed by atoms with E-state index in [0.29, 0.717) is 6.54 Å². The van der Waals surface area contributed by atoms with Gasteiger partial charge in [-0.3, -0.25) is 9.48 Å². The normalized spacial score (nSPS) is 16.9. The molecule has 1 fully saturated rings. The van der Waals surface area contributed by atoms with Crippen LogP contribution in [0.15, 0.2) is 18.5 Å². The van der Waals surface area contributed by atoms with Crippen LogP contribution in [-0.4, -0.2) is 35.3 Å². The van der Waals surface area contributed by atoms with Gasteiger partial charge in [-0.25, -0.2) is 0 Å². The van der Waals surface area contributed by atoms with E-state index in [0.717, 1.165) is 32.5 Å². The number of aromatic nitrogens is 2. The molecular formula is C12H22Cl2N4O. The summed E-state index contributed by atoms with van der Waals surface area (Å²) in [6.07, 6.45) is 5.72. The van der Waals surface area contributed by atoms with Crippen LogP contribution >= 0.6 is 24.8 Å². The van der Waals surface area contributed by atoms with E-state index < -0.39 is 0 Å². The molecule has 2 N–H and O–H groups in total. The molecule has 1 aliphatic heterocycles. The second-order valence-electron chi connectivity index (χ2n) is 5.04. The van der Waals surface area contributed by atoms with Crippen molar-refractivity contribution in [2.45, 2.75) is 26.3 Å². The van der Waals surface area contributed by atoms with Gasteiger partial charge in [0.25, 0.3) is 0 Å². The highest BCUT2D eigenvalue weighted by Gasteiger charge is 2.26. The van der Waals surface area contributed by atoms with Gasteiger partial charge in [-0.2, -0.15) is 5.10 Å². The molecule has 0 spiro atoms. The quantitative estimate of drug-likeness (QED) is 0.879. The maximum atomic E-state index is 11.7. The summed E-state index contributed by atoms with van der Waals surface area (Å²) < 4.78 is 1.64. The lowest BCUT2D eigenvalue weighted by molar-refractivity contribution is -0.122. The van der Waals surface area contributed by atoms with Crippen LogP contribution in [0.25, 0.3) is 0 Å². The Morgan fingerprint density at radius 3 is 2.68 bits per heavy atom. The van der Waals surface area contributed by atoms with E-state index in [9.17, 15) is 4.79 Å². The number of halogens is 2. The van der Waals surface area contributed by atoms with Crippen molar-refractivity contribution >= 4 is 30.7 Å². The molecule has 0 aliphatic carbocycles. The van der Waals surface area contributed by atoms with Gasteiger partial charge in [-0.1, -0.05) is 6.92 Å². The minimum atomic E-state index is 0. The standard InChI is InChI=1S/C12H20N4O.2ClH/c1-12(3-6-13-7-4-12)10-14-11(17)9-16-8-2-5-15-16;;/h2,5,8,13H,3-4,6-7,9-10H2,1H3,(H,14,17);2*1H. The van der Waals surface area contributed by atoms with Crippen LogP contribution in [0.3, 0.4) is 0 Å². The third-order valence-corrected chi connectivity index (χ3v) is 3.39. The van der Waals surface area contributed by atoms with E-state index in [-0.39, 0.29) is 36.1 Å². The minimum Gasteiger partial charge on any atom is -0.354 e. The van der Waals surface area contributed by atoms with Crippen LogP contribution in [0, 0.1) is 5.41 Å². The lowest BCUT2D eigenvalue weighted by Crippen LogP contribution is -2.43. The van der Waals surface area contributed by atoms with Crippen molar-refractivity contribution in [3.05, 3.63) is 18.5 Å². The van der Waals surface area contributed by atoms with Crippen molar-refractivity contribution in [2.75, 3.05) is 19.6 Å². The fraction of sp³-hybridized carbons (Fsp3) is 0.667. The maximum absolute atomic E-state index is 11.7. The molecule has 1 saturated heterocycles. The third kappa shape index (κ3) is 5.80. The Morgan fingerprint density at radius 2 is 2.11 bits per heavy atom. The van der Waals surface area contributed by atoms with Gasteiger partial charge in [0, 0.05) is 18.9 Å². The molecule has 2 rings (SSSR count). The smallest absolute Gasteiger partial charge is 0.241 e. The fourth-order valence-electron chi connectivity index (χ4n) is 2.12. The summed E-state index contributed by atoms with van der Waals surface area (Å²) in [7, 11) is 0. The summed E-state index contributed by atoms with van der Waals surface area (Å²) in [6, 6.07) is 1.82. The Hall–Kier alpha value is -0.780. The first-order valence-electron chi connectivity index (χ1n) is 6.13. The van der Waals surface area contributed by atoms with E-state index >= 15 is 0 Å². The minimum absolute atomic E-state index is 0. The first-order chi connectivity index (χ1) is 8.18. The number of rotatable bonds is 4. The molecule has 0 unspecified atom stereocenters. The molecule has 0 saturated carbocycles. The van der Waals surface area contributed by atoms with Gasteiger partial charge < -0.3 is 10.6 Å². The summed E-state index contributed by atoms with van der Waals surface area (Å²) in [5, 5.41) is 10.4. The van der Waals surface area contributed by atoms with Crippen molar-refractivity contribution in [1.82, 2.24) is 20.4 Å². The molecule has 1 aliphatic rings. The average molecular weight is 309 g/mol. The lowest BCUT2D eigenvalue weighted by Gasteiger charge is -2.34. The third-order valence-electron chi connectivity index (χ3n) is 3.39. The highest BCUT2D eigenvalue weighted by atomic mass is 35.5. The second-order valence-corrected chi connectivity index (χ2v) is 5.04.